The van der Waals surface area contributed by atoms with Gasteiger partial charge < -0.3 is 15.7 Å². The van der Waals surface area contributed by atoms with E-state index in [2.05, 4.69) is 45.1 Å². The van der Waals surface area contributed by atoms with Crippen molar-refractivity contribution < 1.29 is 5.11 Å². The first-order chi connectivity index (χ1) is 8.00. The van der Waals surface area contributed by atoms with E-state index in [0.717, 1.165) is 0 Å². The van der Waals surface area contributed by atoms with Crippen LogP contribution in [0.2, 0.25) is 0 Å². The van der Waals surface area contributed by atoms with Crippen LogP contribution in [0, 0.1) is 0 Å². The van der Waals surface area contributed by atoms with E-state index in [0.29, 0.717) is 5.54 Å². The van der Waals surface area contributed by atoms with Crippen molar-refractivity contribution in [3.8, 4) is 0 Å². The van der Waals surface area contributed by atoms with Gasteiger partial charge in [0.05, 0.1) is 6.73 Å². The van der Waals surface area contributed by atoms with Crippen LogP contribution in [0.25, 0.3) is 0 Å². The molecular weight excluding hydrogens is 238 g/mol. The van der Waals surface area contributed by atoms with E-state index in [4.69, 9.17) is 10.8 Å². The maximum absolute atomic E-state index is 8.29. The number of hydrogen-bond acceptors (Lipinski definition) is 4. The second-order valence-electron chi connectivity index (χ2n) is 8.02. The van der Waals surface area contributed by atoms with Crippen LogP contribution in [0.1, 0.15) is 62.3 Å². The van der Waals surface area contributed by atoms with E-state index < -0.39 is 0 Å². The molecule has 0 amide bonds. The minimum absolute atomic E-state index is 0. The van der Waals surface area contributed by atoms with Gasteiger partial charge in [-0.05, 0) is 76.4 Å². The fraction of sp³-hybridized carbons (Fsp3) is 1.00. The van der Waals surface area contributed by atoms with E-state index >= 15 is 0 Å². The summed E-state index contributed by atoms with van der Waals surface area (Å²) in [6.07, 6.45) is 0. The lowest BCUT2D eigenvalue weighted by Gasteiger charge is -2.27. The van der Waals surface area contributed by atoms with Crippen LogP contribution in [-0.4, -0.2) is 47.4 Å². The van der Waals surface area contributed by atoms with Gasteiger partial charge in [-0.3, -0.25) is 5.32 Å². The summed E-state index contributed by atoms with van der Waals surface area (Å²) in [5.74, 6) is 0. The van der Waals surface area contributed by atoms with Crippen LogP contribution in [-0.2, 0) is 0 Å². The lowest BCUT2D eigenvalue weighted by atomic mass is 10.1. The molecule has 4 nitrogen and oxygen atoms in total. The van der Waals surface area contributed by atoms with Gasteiger partial charge >= 0.3 is 0 Å². The standard InChI is InChI=1S/C6H15N.C5H13NO.C4H11N/c1-6(2,3)7(4)5;1-5(2,3)6-4-7;1-4(2,3)5/h1-5H3;6-7H,4H2,1-3H3;5H2,1-3H3. The van der Waals surface area contributed by atoms with Gasteiger partial charge in [0.15, 0.2) is 0 Å². The van der Waals surface area contributed by atoms with Gasteiger partial charge in [0, 0.05) is 16.6 Å². The molecule has 0 heterocycles. The summed E-state index contributed by atoms with van der Waals surface area (Å²) < 4.78 is 0. The van der Waals surface area contributed by atoms with E-state index in [1.54, 1.807) is 0 Å². The molecule has 0 rings (SSSR count). The van der Waals surface area contributed by atoms with Crippen LogP contribution in [0.3, 0.4) is 0 Å². The fourth-order valence-electron chi connectivity index (χ4n) is 0.237. The Morgan fingerprint density at radius 3 is 1.11 bits per heavy atom. The highest BCUT2D eigenvalue weighted by molar-refractivity contribution is 4.68. The number of nitrogens with zero attached hydrogens (tertiary/aromatic N) is 1. The third-order valence-corrected chi connectivity index (χ3v) is 1.95. The zero-order chi connectivity index (χ0) is 16.5. The average molecular weight is 277 g/mol. The molecule has 4 N–H and O–H groups in total. The molecule has 0 spiro atoms. The number of nitrogens with two attached hydrogens (primary N) is 1. The Kier molecular flexibility index (Phi) is 12.2. The third-order valence-electron chi connectivity index (χ3n) is 1.95. The summed E-state index contributed by atoms with van der Waals surface area (Å²) in [6, 6.07) is 0. The Hall–Kier alpha value is -0.160. The molecule has 0 aliphatic carbocycles. The van der Waals surface area contributed by atoms with E-state index in [1.807, 2.05) is 41.5 Å². The van der Waals surface area contributed by atoms with Crippen molar-refractivity contribution in [1.29, 1.82) is 0 Å². The van der Waals surface area contributed by atoms with Gasteiger partial charge in [0.2, 0.25) is 0 Å². The van der Waals surface area contributed by atoms with Crippen molar-refractivity contribution in [3.63, 3.8) is 0 Å². The van der Waals surface area contributed by atoms with Crippen LogP contribution in [0.15, 0.2) is 0 Å². The first kappa shape index (κ1) is 23.9. The van der Waals surface area contributed by atoms with Crippen molar-refractivity contribution in [3.05, 3.63) is 0 Å². The fourth-order valence-corrected chi connectivity index (χ4v) is 0.237. The third kappa shape index (κ3) is 46.2. The van der Waals surface area contributed by atoms with Gasteiger partial charge in [0.1, 0.15) is 0 Å². The predicted octanol–water partition coefficient (Wildman–Crippen LogP) is 2.41. The van der Waals surface area contributed by atoms with Gasteiger partial charge in [-0.1, -0.05) is 0 Å². The second kappa shape index (κ2) is 9.70. The van der Waals surface area contributed by atoms with Crippen LogP contribution in [0.5, 0.6) is 0 Å². The van der Waals surface area contributed by atoms with E-state index in [9.17, 15) is 0 Å². The lowest BCUT2D eigenvalue weighted by Crippen LogP contribution is -2.36. The zero-order valence-corrected chi connectivity index (χ0v) is 15.2. The van der Waals surface area contributed by atoms with Crippen molar-refractivity contribution in [2.45, 2.75) is 78.9 Å². The average Bonchev–Trinajstić information content (AvgIpc) is 1.96. The first-order valence-electron chi connectivity index (χ1n) is 6.83. The summed E-state index contributed by atoms with van der Waals surface area (Å²) >= 11 is 0. The Balaban J connectivity index is -0.000000206. The molecule has 0 aliphatic rings. The van der Waals surface area contributed by atoms with Crippen molar-refractivity contribution in [1.82, 2.24) is 10.2 Å². The molecule has 0 aromatic carbocycles. The quantitative estimate of drug-likeness (QED) is 0.644. The highest BCUT2D eigenvalue weighted by atomic mass is 16.3. The van der Waals surface area contributed by atoms with Gasteiger partial charge in [0.25, 0.3) is 0 Å². The number of nitrogens with one attached hydrogen (secondary N) is 1. The molecule has 0 aromatic rings. The van der Waals surface area contributed by atoms with Crippen LogP contribution < -0.4 is 11.1 Å². The number of hydrogen-bond donors (Lipinski definition) is 3. The second-order valence-corrected chi connectivity index (χ2v) is 8.02. The van der Waals surface area contributed by atoms with Crippen LogP contribution in [0.4, 0.5) is 0 Å². The zero-order valence-electron chi connectivity index (χ0n) is 15.2. The summed E-state index contributed by atoms with van der Waals surface area (Å²) in [7, 11) is 4.17. The van der Waals surface area contributed by atoms with Gasteiger partial charge in [-0.15, -0.1) is 0 Å². The highest BCUT2D eigenvalue weighted by Gasteiger charge is 2.10. The molecule has 0 saturated carbocycles. The van der Waals surface area contributed by atoms with E-state index in [-0.39, 0.29) is 17.8 Å². The number of aliphatic hydroxyl groups is 1. The molecule has 4 heteroatoms. The van der Waals surface area contributed by atoms with Gasteiger partial charge in [-0.2, -0.15) is 0 Å². The number of aliphatic hydroxyl groups excluding tert-OH is 1. The Labute approximate surface area is 121 Å². The topological polar surface area (TPSA) is 61.5 Å². The molecule has 120 valence electrons. The van der Waals surface area contributed by atoms with Gasteiger partial charge in [-0.25, -0.2) is 0 Å². The Morgan fingerprint density at radius 2 is 1.11 bits per heavy atom. The molecule has 0 saturated heterocycles. The van der Waals surface area contributed by atoms with Crippen molar-refractivity contribution in [2.24, 2.45) is 5.73 Å². The van der Waals surface area contributed by atoms with Crippen molar-refractivity contribution >= 4 is 0 Å². The van der Waals surface area contributed by atoms with Crippen LogP contribution >= 0.6 is 0 Å². The number of rotatable bonds is 1. The molecule has 0 atom stereocenters. The maximum atomic E-state index is 8.29. The van der Waals surface area contributed by atoms with E-state index in [1.165, 1.54) is 0 Å². The molecule has 0 unspecified atom stereocenters. The smallest absolute Gasteiger partial charge is 0.0935 e. The summed E-state index contributed by atoms with van der Waals surface area (Å²) in [5.41, 5.74) is 5.74. The minimum Gasteiger partial charge on any atom is -0.381 e. The molecule has 19 heavy (non-hydrogen) atoms. The normalized spacial score (nSPS) is 12.3. The molecule has 0 fully saturated rings. The largest absolute Gasteiger partial charge is 0.381 e. The lowest BCUT2D eigenvalue weighted by molar-refractivity contribution is 0.218. The van der Waals surface area contributed by atoms with Crippen molar-refractivity contribution in [2.75, 3.05) is 20.8 Å². The molecule has 0 aromatic heterocycles. The predicted molar refractivity (Wildman–Crippen MR) is 87.4 cm³/mol. The Bertz CT molecular complexity index is 189. The highest BCUT2D eigenvalue weighted by Crippen LogP contribution is 2.05. The summed E-state index contributed by atoms with van der Waals surface area (Å²) in [6.45, 7) is 18.5. The first-order valence-corrected chi connectivity index (χ1v) is 6.83. The maximum Gasteiger partial charge on any atom is 0.0935 e. The Morgan fingerprint density at radius 1 is 0.895 bits per heavy atom. The summed E-state index contributed by atoms with van der Waals surface area (Å²) in [4.78, 5) is 2.19. The molecule has 0 radical (unpaired) electrons. The molecular formula is C15H39N3O. The SMILES string of the molecule is CC(C)(C)N.CC(C)(C)NCO.CN(C)C(C)(C)C. The molecule has 0 aliphatic heterocycles. The minimum atomic E-state index is 0. The molecule has 0 bridgehead atoms. The summed E-state index contributed by atoms with van der Waals surface area (Å²) in [5, 5.41) is 11.1. The monoisotopic (exact) mass is 277 g/mol.